The van der Waals surface area contributed by atoms with Crippen molar-refractivity contribution in [3.8, 4) is 6.07 Å². The van der Waals surface area contributed by atoms with Gasteiger partial charge in [0.2, 0.25) is 0 Å². The maximum absolute atomic E-state index is 10.8. The van der Waals surface area contributed by atoms with Crippen molar-refractivity contribution in [2.75, 3.05) is 13.6 Å². The maximum atomic E-state index is 10.8. The van der Waals surface area contributed by atoms with Crippen LogP contribution in [0, 0.1) is 21.4 Å². The van der Waals surface area contributed by atoms with Crippen LogP contribution in [0.3, 0.4) is 0 Å². The predicted octanol–water partition coefficient (Wildman–Crippen LogP) is 2.63. The van der Waals surface area contributed by atoms with Gasteiger partial charge in [-0.3, -0.25) is 15.0 Å². The molecule has 0 bridgehead atoms. The number of non-ortho nitro benzene ring substituents is 1. The summed E-state index contributed by atoms with van der Waals surface area (Å²) in [4.78, 5) is 12.2. The Hall–Kier alpha value is -2.75. The van der Waals surface area contributed by atoms with Crippen molar-refractivity contribution in [1.29, 1.82) is 5.26 Å². The molecule has 1 N–H and O–H groups in total. The Morgan fingerprint density at radius 3 is 2.61 bits per heavy atom. The van der Waals surface area contributed by atoms with E-state index in [4.69, 9.17) is 5.26 Å². The van der Waals surface area contributed by atoms with E-state index in [1.54, 1.807) is 24.3 Å². The lowest BCUT2D eigenvalue weighted by Crippen LogP contribution is -2.24. The minimum Gasteiger partial charge on any atom is -0.387 e. The van der Waals surface area contributed by atoms with Gasteiger partial charge in [-0.05, 0) is 30.3 Å². The number of hydrogen-bond acceptors (Lipinski definition) is 5. The lowest BCUT2D eigenvalue weighted by molar-refractivity contribution is -0.385. The monoisotopic (exact) mass is 311 g/mol. The molecule has 0 radical (unpaired) electrons. The first kappa shape index (κ1) is 16.6. The van der Waals surface area contributed by atoms with E-state index >= 15 is 0 Å². The van der Waals surface area contributed by atoms with E-state index in [1.807, 2.05) is 24.1 Å². The first-order chi connectivity index (χ1) is 11.0. The number of likely N-dealkylation sites (N-methyl/N-ethyl adjacent to an activating group) is 1. The van der Waals surface area contributed by atoms with Crippen LogP contribution in [0.4, 0.5) is 5.69 Å². The summed E-state index contributed by atoms with van der Waals surface area (Å²) in [5.74, 6) is 0. The number of nitro benzene ring substituents is 1. The molecule has 23 heavy (non-hydrogen) atoms. The Bertz CT molecular complexity index is 723. The fraction of sp³-hybridized carbons (Fsp3) is 0.235. The molecule has 0 aliphatic heterocycles. The van der Waals surface area contributed by atoms with Crippen LogP contribution in [0.25, 0.3) is 0 Å². The van der Waals surface area contributed by atoms with Crippen molar-refractivity contribution in [2.24, 2.45) is 0 Å². The van der Waals surface area contributed by atoms with Crippen LogP contribution in [-0.4, -0.2) is 28.5 Å². The van der Waals surface area contributed by atoms with Crippen molar-refractivity contribution >= 4 is 5.69 Å². The lowest BCUT2D eigenvalue weighted by Gasteiger charge is -2.20. The third-order valence-corrected chi connectivity index (χ3v) is 3.49. The van der Waals surface area contributed by atoms with E-state index < -0.39 is 11.0 Å². The van der Waals surface area contributed by atoms with Crippen molar-refractivity contribution in [1.82, 2.24) is 4.90 Å². The van der Waals surface area contributed by atoms with E-state index in [9.17, 15) is 15.2 Å². The summed E-state index contributed by atoms with van der Waals surface area (Å²) in [7, 11) is 1.86. The van der Waals surface area contributed by atoms with Crippen LogP contribution >= 0.6 is 0 Å². The number of benzene rings is 2. The highest BCUT2D eigenvalue weighted by atomic mass is 16.6. The van der Waals surface area contributed by atoms with Crippen LogP contribution in [-0.2, 0) is 6.54 Å². The Morgan fingerprint density at radius 1 is 1.30 bits per heavy atom. The molecule has 0 fully saturated rings. The van der Waals surface area contributed by atoms with Gasteiger partial charge in [0.05, 0.1) is 22.7 Å². The standard InChI is InChI=1S/C17H17N3O3/c1-19(11-14-7-5-13(10-18)6-8-14)12-17(21)15-3-2-4-16(9-15)20(22)23/h2-9,17,21H,11-12H2,1H3. The molecule has 2 aromatic rings. The highest BCUT2D eigenvalue weighted by molar-refractivity contribution is 5.35. The molecule has 118 valence electrons. The van der Waals surface area contributed by atoms with Crippen LogP contribution in [0.5, 0.6) is 0 Å². The van der Waals surface area contributed by atoms with Gasteiger partial charge in [-0.2, -0.15) is 5.26 Å². The highest BCUT2D eigenvalue weighted by Crippen LogP contribution is 2.20. The Labute approximate surface area is 134 Å². The molecular weight excluding hydrogens is 294 g/mol. The van der Waals surface area contributed by atoms with Crippen LogP contribution in [0.15, 0.2) is 48.5 Å². The van der Waals surface area contributed by atoms with E-state index in [1.165, 1.54) is 12.1 Å². The number of nitrogens with zero attached hydrogens (tertiary/aromatic N) is 3. The average molecular weight is 311 g/mol. The maximum Gasteiger partial charge on any atom is 0.269 e. The second-order valence-corrected chi connectivity index (χ2v) is 5.37. The van der Waals surface area contributed by atoms with Gasteiger partial charge in [0.1, 0.15) is 0 Å². The molecule has 0 amide bonds. The summed E-state index contributed by atoms with van der Waals surface area (Å²) in [6.07, 6.45) is -0.807. The Morgan fingerprint density at radius 2 is 2.00 bits per heavy atom. The van der Waals surface area contributed by atoms with Gasteiger partial charge in [-0.25, -0.2) is 0 Å². The van der Waals surface area contributed by atoms with Gasteiger partial charge in [0.15, 0.2) is 0 Å². The molecule has 0 heterocycles. The van der Waals surface area contributed by atoms with E-state index in [0.29, 0.717) is 24.2 Å². The average Bonchev–Trinajstić information content (AvgIpc) is 2.55. The zero-order valence-corrected chi connectivity index (χ0v) is 12.7. The summed E-state index contributed by atoms with van der Waals surface area (Å²) in [6.45, 7) is 0.957. The molecule has 6 nitrogen and oxygen atoms in total. The quantitative estimate of drug-likeness (QED) is 0.654. The topological polar surface area (TPSA) is 90.4 Å². The number of aliphatic hydroxyl groups is 1. The third kappa shape index (κ3) is 4.61. The number of rotatable bonds is 6. The molecule has 0 aliphatic rings. The summed E-state index contributed by atoms with van der Waals surface area (Å²) in [5.41, 5.74) is 2.12. The summed E-state index contributed by atoms with van der Waals surface area (Å²) in [6, 6.07) is 15.3. The molecule has 2 aromatic carbocycles. The van der Waals surface area contributed by atoms with Gasteiger partial charge in [-0.1, -0.05) is 24.3 Å². The summed E-state index contributed by atoms with van der Waals surface area (Å²) < 4.78 is 0. The van der Waals surface area contributed by atoms with Crippen LogP contribution in [0.2, 0.25) is 0 Å². The molecule has 0 aliphatic carbocycles. The van der Waals surface area contributed by atoms with Gasteiger partial charge in [0.25, 0.3) is 5.69 Å². The van der Waals surface area contributed by atoms with Crippen LogP contribution in [0.1, 0.15) is 22.8 Å². The third-order valence-electron chi connectivity index (χ3n) is 3.49. The van der Waals surface area contributed by atoms with E-state index in [-0.39, 0.29) is 5.69 Å². The minimum absolute atomic E-state index is 0.0312. The smallest absolute Gasteiger partial charge is 0.269 e. The van der Waals surface area contributed by atoms with Gasteiger partial charge in [0, 0.05) is 25.2 Å². The fourth-order valence-corrected chi connectivity index (χ4v) is 2.31. The largest absolute Gasteiger partial charge is 0.387 e. The first-order valence-corrected chi connectivity index (χ1v) is 7.09. The van der Waals surface area contributed by atoms with Gasteiger partial charge >= 0.3 is 0 Å². The molecule has 1 atom stereocenters. The van der Waals surface area contributed by atoms with E-state index in [2.05, 4.69) is 6.07 Å². The van der Waals surface area contributed by atoms with Gasteiger partial charge < -0.3 is 5.11 Å². The molecule has 1 unspecified atom stereocenters. The van der Waals surface area contributed by atoms with Gasteiger partial charge in [-0.15, -0.1) is 0 Å². The number of nitro groups is 1. The minimum atomic E-state index is -0.807. The molecule has 0 aromatic heterocycles. The summed E-state index contributed by atoms with van der Waals surface area (Å²) >= 11 is 0. The molecule has 0 saturated carbocycles. The number of aliphatic hydroxyl groups excluding tert-OH is 1. The fourth-order valence-electron chi connectivity index (χ4n) is 2.31. The highest BCUT2D eigenvalue weighted by Gasteiger charge is 2.14. The zero-order valence-electron chi connectivity index (χ0n) is 12.7. The van der Waals surface area contributed by atoms with E-state index in [0.717, 1.165) is 5.56 Å². The Kier molecular flexibility index (Phi) is 5.41. The summed E-state index contributed by atoms with van der Waals surface area (Å²) in [5, 5.41) is 29.8. The second kappa shape index (κ2) is 7.49. The lowest BCUT2D eigenvalue weighted by atomic mass is 10.1. The zero-order chi connectivity index (χ0) is 16.8. The molecule has 0 saturated heterocycles. The molecule has 6 heteroatoms. The molecule has 2 rings (SSSR count). The number of nitriles is 1. The van der Waals surface area contributed by atoms with Crippen molar-refractivity contribution in [2.45, 2.75) is 12.6 Å². The van der Waals surface area contributed by atoms with Crippen molar-refractivity contribution < 1.29 is 10.0 Å². The molecular formula is C17H17N3O3. The van der Waals surface area contributed by atoms with Crippen molar-refractivity contribution in [3.63, 3.8) is 0 Å². The van der Waals surface area contributed by atoms with Crippen LogP contribution < -0.4 is 0 Å². The Balaban J connectivity index is 1.98. The second-order valence-electron chi connectivity index (χ2n) is 5.37. The first-order valence-electron chi connectivity index (χ1n) is 7.09. The van der Waals surface area contributed by atoms with Crippen molar-refractivity contribution in [3.05, 3.63) is 75.3 Å². The number of hydrogen-bond donors (Lipinski definition) is 1. The predicted molar refractivity (Wildman–Crippen MR) is 85.5 cm³/mol. The molecule has 0 spiro atoms. The SMILES string of the molecule is CN(Cc1ccc(C#N)cc1)CC(O)c1cccc([N+](=O)[O-])c1. The normalized spacial score (nSPS) is 11.9.